The first-order valence-electron chi connectivity index (χ1n) is 7.14. The molecule has 0 fully saturated rings. The van der Waals surface area contributed by atoms with Crippen LogP contribution in [0.2, 0.25) is 0 Å². The average molecular weight is 314 g/mol. The molecule has 0 amide bonds. The van der Waals surface area contributed by atoms with Gasteiger partial charge in [0.25, 0.3) is 0 Å². The van der Waals surface area contributed by atoms with Gasteiger partial charge in [-0.05, 0) is 18.2 Å². The summed E-state index contributed by atoms with van der Waals surface area (Å²) in [6, 6.07) is 11.4. The van der Waals surface area contributed by atoms with Crippen LogP contribution in [0.25, 0.3) is 11.0 Å². The van der Waals surface area contributed by atoms with Crippen molar-refractivity contribution in [3.8, 4) is 17.2 Å². The minimum absolute atomic E-state index is 0.514. The first-order chi connectivity index (χ1) is 11.3. The Morgan fingerprint density at radius 2 is 1.65 bits per heavy atom. The van der Waals surface area contributed by atoms with Crippen molar-refractivity contribution in [3.63, 3.8) is 0 Å². The molecule has 0 spiro atoms. The summed E-state index contributed by atoms with van der Waals surface area (Å²) in [5.41, 5.74) is 1.67. The second kappa shape index (κ2) is 6.48. The smallest absolute Gasteiger partial charge is 0.177 e. The maximum absolute atomic E-state index is 5.43. The number of anilines is 1. The van der Waals surface area contributed by atoms with Gasteiger partial charge in [0, 0.05) is 18.2 Å². The Bertz CT molecular complexity index is 813. The fraction of sp³-hybridized carbons (Fsp3) is 0.235. The summed E-state index contributed by atoms with van der Waals surface area (Å²) in [4.78, 5) is 0. The lowest BCUT2D eigenvalue weighted by atomic mass is 10.1. The fourth-order valence-electron chi connectivity index (χ4n) is 2.42. The highest BCUT2D eigenvalue weighted by Crippen LogP contribution is 2.35. The number of nitrogens with one attached hydrogen (secondary N) is 1. The van der Waals surface area contributed by atoms with Crippen molar-refractivity contribution in [2.75, 3.05) is 26.6 Å². The quantitative estimate of drug-likeness (QED) is 0.751. The highest BCUT2D eigenvalue weighted by Gasteiger charge is 2.13. The molecule has 0 aliphatic heterocycles. The summed E-state index contributed by atoms with van der Waals surface area (Å²) in [5.74, 6) is 2.68. The monoisotopic (exact) mass is 314 g/mol. The summed E-state index contributed by atoms with van der Waals surface area (Å²) in [7, 11) is 4.82. The Balaban J connectivity index is 1.87. The van der Waals surface area contributed by atoms with Crippen molar-refractivity contribution in [2.45, 2.75) is 6.54 Å². The van der Waals surface area contributed by atoms with Gasteiger partial charge < -0.3 is 24.1 Å². The molecule has 0 aliphatic carbocycles. The van der Waals surface area contributed by atoms with Crippen molar-refractivity contribution in [1.82, 2.24) is 5.16 Å². The molecule has 120 valence electrons. The van der Waals surface area contributed by atoms with Crippen LogP contribution in [0.1, 0.15) is 5.56 Å². The molecule has 1 aromatic heterocycles. The highest BCUT2D eigenvalue weighted by atomic mass is 16.5. The van der Waals surface area contributed by atoms with Crippen molar-refractivity contribution in [3.05, 3.63) is 42.0 Å². The summed E-state index contributed by atoms with van der Waals surface area (Å²) in [6.45, 7) is 0.514. The number of para-hydroxylation sites is 1. The molecule has 2 aromatic carbocycles. The van der Waals surface area contributed by atoms with Gasteiger partial charge in [0.05, 0.1) is 26.7 Å². The van der Waals surface area contributed by atoms with Gasteiger partial charge in [-0.2, -0.15) is 0 Å². The molecule has 0 saturated heterocycles. The van der Waals surface area contributed by atoms with Crippen LogP contribution in [0.3, 0.4) is 0 Å². The Hall–Kier alpha value is -2.89. The molecule has 0 saturated carbocycles. The number of nitrogens with zero attached hydrogens (tertiary/aromatic N) is 1. The molecule has 6 nitrogen and oxygen atoms in total. The van der Waals surface area contributed by atoms with Gasteiger partial charge >= 0.3 is 0 Å². The minimum atomic E-state index is 0.514. The zero-order chi connectivity index (χ0) is 16.2. The van der Waals surface area contributed by atoms with E-state index < -0.39 is 0 Å². The Morgan fingerprint density at radius 1 is 0.957 bits per heavy atom. The summed E-state index contributed by atoms with van der Waals surface area (Å²) in [6.07, 6.45) is 0. The van der Waals surface area contributed by atoms with E-state index in [1.807, 2.05) is 30.3 Å². The summed E-state index contributed by atoms with van der Waals surface area (Å²) >= 11 is 0. The van der Waals surface area contributed by atoms with E-state index >= 15 is 0 Å². The molecule has 3 rings (SSSR count). The maximum atomic E-state index is 5.43. The molecule has 3 aromatic rings. The van der Waals surface area contributed by atoms with Gasteiger partial charge in [-0.15, -0.1) is 0 Å². The fourth-order valence-corrected chi connectivity index (χ4v) is 2.42. The molecular weight excluding hydrogens is 296 g/mol. The van der Waals surface area contributed by atoms with Crippen molar-refractivity contribution < 1.29 is 18.7 Å². The van der Waals surface area contributed by atoms with Gasteiger partial charge in [-0.25, -0.2) is 0 Å². The van der Waals surface area contributed by atoms with Crippen LogP contribution in [0.4, 0.5) is 5.82 Å². The van der Waals surface area contributed by atoms with Crippen LogP contribution in [0.5, 0.6) is 17.2 Å². The van der Waals surface area contributed by atoms with Crippen molar-refractivity contribution >= 4 is 16.8 Å². The molecule has 1 heterocycles. The van der Waals surface area contributed by atoms with E-state index in [0.29, 0.717) is 29.6 Å². The average Bonchev–Trinajstić information content (AvgIpc) is 3.02. The molecule has 0 radical (unpaired) electrons. The van der Waals surface area contributed by atoms with Crippen LogP contribution < -0.4 is 19.5 Å². The van der Waals surface area contributed by atoms with E-state index in [2.05, 4.69) is 10.5 Å². The number of hydrogen-bond donors (Lipinski definition) is 1. The zero-order valence-corrected chi connectivity index (χ0v) is 13.3. The van der Waals surface area contributed by atoms with Gasteiger partial charge in [0.2, 0.25) is 0 Å². The van der Waals surface area contributed by atoms with E-state index in [0.717, 1.165) is 16.5 Å². The number of benzene rings is 2. The highest BCUT2D eigenvalue weighted by molar-refractivity contribution is 5.87. The number of ether oxygens (including phenoxy) is 3. The lowest BCUT2D eigenvalue weighted by molar-refractivity contribution is 0.347. The third-order valence-corrected chi connectivity index (χ3v) is 3.61. The number of rotatable bonds is 6. The molecule has 0 bridgehead atoms. The van der Waals surface area contributed by atoms with E-state index in [4.69, 9.17) is 18.7 Å². The largest absolute Gasteiger partial charge is 0.496 e. The topological polar surface area (TPSA) is 65.8 Å². The lowest BCUT2D eigenvalue weighted by Crippen LogP contribution is -2.03. The van der Waals surface area contributed by atoms with Gasteiger partial charge in [0.1, 0.15) is 5.75 Å². The van der Waals surface area contributed by atoms with E-state index in [9.17, 15) is 0 Å². The molecule has 0 unspecified atom stereocenters. The second-order valence-corrected chi connectivity index (χ2v) is 4.90. The predicted molar refractivity (Wildman–Crippen MR) is 87.4 cm³/mol. The zero-order valence-electron chi connectivity index (χ0n) is 13.3. The van der Waals surface area contributed by atoms with Gasteiger partial charge in [-0.1, -0.05) is 17.3 Å². The van der Waals surface area contributed by atoms with Crippen LogP contribution in [0, 0.1) is 0 Å². The molecule has 23 heavy (non-hydrogen) atoms. The van der Waals surface area contributed by atoms with Crippen LogP contribution in [-0.4, -0.2) is 26.5 Å². The normalized spacial score (nSPS) is 10.6. The Kier molecular flexibility index (Phi) is 4.23. The lowest BCUT2D eigenvalue weighted by Gasteiger charge is -2.14. The first kappa shape index (κ1) is 15.0. The van der Waals surface area contributed by atoms with Crippen LogP contribution in [-0.2, 0) is 6.54 Å². The number of aromatic nitrogens is 1. The summed E-state index contributed by atoms with van der Waals surface area (Å²) in [5, 5.41) is 8.26. The van der Waals surface area contributed by atoms with Gasteiger partial charge in [-0.3, -0.25) is 0 Å². The van der Waals surface area contributed by atoms with Crippen molar-refractivity contribution in [2.24, 2.45) is 0 Å². The number of hydrogen-bond acceptors (Lipinski definition) is 6. The van der Waals surface area contributed by atoms with E-state index in [1.54, 1.807) is 27.4 Å². The van der Waals surface area contributed by atoms with Crippen molar-refractivity contribution in [1.29, 1.82) is 0 Å². The van der Waals surface area contributed by atoms with E-state index in [1.165, 1.54) is 0 Å². The number of fused-ring (bicyclic) bond motifs is 1. The molecule has 0 atom stereocenters. The second-order valence-electron chi connectivity index (χ2n) is 4.90. The SMILES string of the molecule is COc1cc(OC)c(OC)cc1CNc1noc2ccccc12. The third-order valence-electron chi connectivity index (χ3n) is 3.61. The Morgan fingerprint density at radius 3 is 2.39 bits per heavy atom. The molecular formula is C17H18N2O4. The van der Waals surface area contributed by atoms with Gasteiger partial charge in [0.15, 0.2) is 22.9 Å². The molecule has 0 aliphatic rings. The maximum Gasteiger partial charge on any atom is 0.177 e. The Labute approximate surface area is 133 Å². The number of methoxy groups -OCH3 is 3. The predicted octanol–water partition coefficient (Wildman–Crippen LogP) is 3.47. The third kappa shape index (κ3) is 2.88. The first-order valence-corrected chi connectivity index (χ1v) is 7.14. The molecule has 1 N–H and O–H groups in total. The van der Waals surface area contributed by atoms with Crippen LogP contribution in [0.15, 0.2) is 40.9 Å². The summed E-state index contributed by atoms with van der Waals surface area (Å²) < 4.78 is 21.3. The van der Waals surface area contributed by atoms with Crippen LogP contribution >= 0.6 is 0 Å². The minimum Gasteiger partial charge on any atom is -0.496 e. The molecule has 6 heteroatoms. The standard InChI is InChI=1S/C17H18N2O4/c1-20-14-9-16(22-3)15(21-2)8-11(14)10-18-17-12-6-4-5-7-13(12)23-19-17/h4-9H,10H2,1-3H3,(H,18,19). The van der Waals surface area contributed by atoms with E-state index in [-0.39, 0.29) is 0 Å².